The second kappa shape index (κ2) is 6.47. The highest BCUT2D eigenvalue weighted by molar-refractivity contribution is 5.76. The maximum absolute atomic E-state index is 11.4. The van der Waals surface area contributed by atoms with Crippen molar-refractivity contribution in [3.63, 3.8) is 0 Å². The van der Waals surface area contributed by atoms with Gasteiger partial charge < -0.3 is 10.6 Å². The Morgan fingerprint density at radius 2 is 2.53 bits per heavy atom. The van der Waals surface area contributed by atoms with Gasteiger partial charge in [-0.05, 0) is 37.8 Å². The van der Waals surface area contributed by atoms with E-state index in [0.717, 1.165) is 13.1 Å². The molecule has 1 heterocycles. The Hall–Kier alpha value is -1.01. The molecule has 0 aromatic heterocycles. The normalized spacial score (nSPS) is 22.8. The van der Waals surface area contributed by atoms with Crippen LogP contribution in [0, 0.1) is 24.2 Å². The summed E-state index contributed by atoms with van der Waals surface area (Å²) in [5.74, 6) is 3.56. The molecule has 0 spiro atoms. The molecule has 0 aromatic rings. The number of amides is 1. The largest absolute Gasteiger partial charge is 0.345 e. The van der Waals surface area contributed by atoms with Crippen molar-refractivity contribution in [2.24, 2.45) is 11.8 Å². The van der Waals surface area contributed by atoms with Gasteiger partial charge in [0.15, 0.2) is 0 Å². The molecule has 2 N–H and O–H groups in total. The Balaban J connectivity index is 2.24. The van der Waals surface area contributed by atoms with Gasteiger partial charge in [0.2, 0.25) is 5.91 Å². The van der Waals surface area contributed by atoms with Gasteiger partial charge >= 0.3 is 0 Å². The molecule has 3 nitrogen and oxygen atoms in total. The third-order valence-corrected chi connectivity index (χ3v) is 3.03. The third-order valence-electron chi connectivity index (χ3n) is 3.03. The van der Waals surface area contributed by atoms with E-state index in [2.05, 4.69) is 23.5 Å². The Labute approximate surface area is 92.0 Å². The van der Waals surface area contributed by atoms with E-state index >= 15 is 0 Å². The van der Waals surface area contributed by atoms with Crippen LogP contribution in [0.25, 0.3) is 0 Å². The van der Waals surface area contributed by atoms with Crippen LogP contribution in [-0.4, -0.2) is 25.5 Å². The SMILES string of the molecule is C#CCNC(=O)CC(C)C1CCCNC1. The van der Waals surface area contributed by atoms with Crippen LogP contribution in [0.2, 0.25) is 0 Å². The minimum atomic E-state index is 0.0750. The molecule has 0 aromatic carbocycles. The zero-order valence-electron chi connectivity index (χ0n) is 9.38. The van der Waals surface area contributed by atoms with E-state index in [-0.39, 0.29) is 5.91 Å². The Morgan fingerprint density at radius 3 is 3.13 bits per heavy atom. The average Bonchev–Trinajstić information content (AvgIpc) is 2.27. The lowest BCUT2D eigenvalue weighted by atomic mass is 9.85. The summed E-state index contributed by atoms with van der Waals surface area (Å²) in [6, 6.07) is 0. The first-order valence-corrected chi connectivity index (χ1v) is 5.65. The minimum Gasteiger partial charge on any atom is -0.345 e. The number of hydrogen-bond donors (Lipinski definition) is 2. The van der Waals surface area contributed by atoms with E-state index in [1.165, 1.54) is 12.8 Å². The fourth-order valence-corrected chi connectivity index (χ4v) is 2.05. The second-order valence-electron chi connectivity index (χ2n) is 4.27. The highest BCUT2D eigenvalue weighted by atomic mass is 16.1. The summed E-state index contributed by atoms with van der Waals surface area (Å²) in [6.45, 7) is 4.65. The topological polar surface area (TPSA) is 41.1 Å². The number of terminal acetylenes is 1. The maximum atomic E-state index is 11.4. The van der Waals surface area contributed by atoms with Crippen molar-refractivity contribution in [2.75, 3.05) is 19.6 Å². The van der Waals surface area contributed by atoms with E-state index in [9.17, 15) is 4.79 Å². The number of carbonyl (C=O) groups is 1. The van der Waals surface area contributed by atoms with E-state index in [4.69, 9.17) is 6.42 Å². The first kappa shape index (κ1) is 12.1. The number of piperidine rings is 1. The second-order valence-corrected chi connectivity index (χ2v) is 4.27. The molecule has 2 atom stereocenters. The van der Waals surface area contributed by atoms with E-state index in [1.54, 1.807) is 0 Å². The molecule has 15 heavy (non-hydrogen) atoms. The summed E-state index contributed by atoms with van der Waals surface area (Å²) in [6.07, 6.45) is 8.12. The fraction of sp³-hybridized carbons (Fsp3) is 0.750. The van der Waals surface area contributed by atoms with Crippen LogP contribution in [0.4, 0.5) is 0 Å². The van der Waals surface area contributed by atoms with Crippen molar-refractivity contribution < 1.29 is 4.79 Å². The van der Waals surface area contributed by atoms with Crippen LogP contribution in [0.3, 0.4) is 0 Å². The van der Waals surface area contributed by atoms with Gasteiger partial charge in [-0.2, -0.15) is 0 Å². The molecule has 1 fully saturated rings. The predicted octanol–water partition coefficient (Wildman–Crippen LogP) is 0.762. The van der Waals surface area contributed by atoms with Gasteiger partial charge in [0, 0.05) is 6.42 Å². The molecule has 1 aliphatic rings. The van der Waals surface area contributed by atoms with Gasteiger partial charge in [-0.25, -0.2) is 0 Å². The van der Waals surface area contributed by atoms with Gasteiger partial charge in [0.05, 0.1) is 6.54 Å². The molecule has 3 heteroatoms. The van der Waals surface area contributed by atoms with E-state index < -0.39 is 0 Å². The molecule has 1 aliphatic heterocycles. The lowest BCUT2D eigenvalue weighted by Gasteiger charge is -2.27. The summed E-state index contributed by atoms with van der Waals surface area (Å²) >= 11 is 0. The Bertz CT molecular complexity index is 238. The van der Waals surface area contributed by atoms with Gasteiger partial charge in [-0.3, -0.25) is 4.79 Å². The summed E-state index contributed by atoms with van der Waals surface area (Å²) in [4.78, 5) is 11.4. The summed E-state index contributed by atoms with van der Waals surface area (Å²) in [5.41, 5.74) is 0. The third kappa shape index (κ3) is 4.35. The smallest absolute Gasteiger partial charge is 0.221 e. The first-order valence-electron chi connectivity index (χ1n) is 5.65. The average molecular weight is 208 g/mol. The minimum absolute atomic E-state index is 0.0750. The number of hydrogen-bond acceptors (Lipinski definition) is 2. The highest BCUT2D eigenvalue weighted by Crippen LogP contribution is 2.22. The van der Waals surface area contributed by atoms with Crippen LogP contribution >= 0.6 is 0 Å². The Morgan fingerprint density at radius 1 is 1.73 bits per heavy atom. The van der Waals surface area contributed by atoms with Crippen LogP contribution in [0.5, 0.6) is 0 Å². The fourth-order valence-electron chi connectivity index (χ4n) is 2.05. The van der Waals surface area contributed by atoms with Crippen molar-refractivity contribution in [3.8, 4) is 12.3 Å². The molecule has 1 amide bonds. The zero-order chi connectivity index (χ0) is 11.1. The van der Waals surface area contributed by atoms with Crippen molar-refractivity contribution in [2.45, 2.75) is 26.2 Å². The highest BCUT2D eigenvalue weighted by Gasteiger charge is 2.21. The Kier molecular flexibility index (Phi) is 5.20. The molecular weight excluding hydrogens is 188 g/mol. The lowest BCUT2D eigenvalue weighted by molar-refractivity contribution is -0.122. The number of nitrogens with one attached hydrogen (secondary N) is 2. The van der Waals surface area contributed by atoms with Crippen LogP contribution < -0.4 is 10.6 Å². The van der Waals surface area contributed by atoms with Crippen LogP contribution in [-0.2, 0) is 4.79 Å². The standard InChI is InChI=1S/C12H20N2O/c1-3-6-14-12(15)8-10(2)11-5-4-7-13-9-11/h1,10-11,13H,4-9H2,2H3,(H,14,15). The van der Waals surface area contributed by atoms with Gasteiger partial charge in [-0.15, -0.1) is 6.42 Å². The van der Waals surface area contributed by atoms with Crippen molar-refractivity contribution in [1.29, 1.82) is 0 Å². The number of carbonyl (C=O) groups excluding carboxylic acids is 1. The van der Waals surface area contributed by atoms with Crippen molar-refractivity contribution >= 4 is 5.91 Å². The monoisotopic (exact) mass is 208 g/mol. The van der Waals surface area contributed by atoms with E-state index in [1.807, 2.05) is 0 Å². The van der Waals surface area contributed by atoms with Gasteiger partial charge in [0.1, 0.15) is 0 Å². The lowest BCUT2D eigenvalue weighted by Crippen LogP contribution is -2.35. The molecule has 2 unspecified atom stereocenters. The quantitative estimate of drug-likeness (QED) is 0.670. The molecule has 0 saturated carbocycles. The van der Waals surface area contributed by atoms with E-state index in [0.29, 0.717) is 24.8 Å². The zero-order valence-corrected chi connectivity index (χ0v) is 9.38. The van der Waals surface area contributed by atoms with Gasteiger partial charge in [-0.1, -0.05) is 12.8 Å². The van der Waals surface area contributed by atoms with Crippen LogP contribution in [0.1, 0.15) is 26.2 Å². The van der Waals surface area contributed by atoms with Gasteiger partial charge in [0.25, 0.3) is 0 Å². The molecule has 0 aliphatic carbocycles. The maximum Gasteiger partial charge on any atom is 0.221 e. The molecule has 1 saturated heterocycles. The molecule has 1 rings (SSSR count). The molecule has 84 valence electrons. The van der Waals surface area contributed by atoms with Crippen molar-refractivity contribution in [1.82, 2.24) is 10.6 Å². The van der Waals surface area contributed by atoms with Crippen LogP contribution in [0.15, 0.2) is 0 Å². The number of rotatable bonds is 4. The predicted molar refractivity (Wildman–Crippen MR) is 61.2 cm³/mol. The summed E-state index contributed by atoms with van der Waals surface area (Å²) < 4.78 is 0. The molecular formula is C12H20N2O. The molecule has 0 bridgehead atoms. The van der Waals surface area contributed by atoms with Crippen molar-refractivity contribution in [3.05, 3.63) is 0 Å². The summed E-state index contributed by atoms with van der Waals surface area (Å²) in [5, 5.41) is 6.07. The summed E-state index contributed by atoms with van der Waals surface area (Å²) in [7, 11) is 0. The first-order chi connectivity index (χ1) is 7.24. The molecule has 0 radical (unpaired) electrons.